The molecule has 0 radical (unpaired) electrons. The molecule has 4 rings (SSSR count). The third-order valence-corrected chi connectivity index (χ3v) is 6.03. The van der Waals surface area contributed by atoms with Gasteiger partial charge in [-0.3, -0.25) is 0 Å². The molecule has 0 aromatic heterocycles. The number of likely N-dealkylation sites (N-methyl/N-ethyl adjacent to an activating group) is 1. The van der Waals surface area contributed by atoms with Crippen molar-refractivity contribution >= 4 is 0 Å². The molecule has 3 aliphatic carbocycles. The van der Waals surface area contributed by atoms with Gasteiger partial charge in [0.2, 0.25) is 0 Å². The summed E-state index contributed by atoms with van der Waals surface area (Å²) in [6, 6.07) is 7.71. The molecule has 102 valence electrons. The van der Waals surface area contributed by atoms with Gasteiger partial charge in [-0.15, -0.1) is 0 Å². The predicted molar refractivity (Wildman–Crippen MR) is 74.3 cm³/mol. The van der Waals surface area contributed by atoms with Gasteiger partial charge in [0, 0.05) is 6.04 Å². The van der Waals surface area contributed by atoms with Crippen LogP contribution in [-0.2, 0) is 6.42 Å². The van der Waals surface area contributed by atoms with Crippen LogP contribution < -0.4 is 5.32 Å². The molecule has 19 heavy (non-hydrogen) atoms. The fraction of sp³-hybridized carbons (Fsp3) is 0.647. The third-order valence-electron chi connectivity index (χ3n) is 6.03. The van der Waals surface area contributed by atoms with Gasteiger partial charge in [-0.05, 0) is 74.0 Å². The highest BCUT2D eigenvalue weighted by Gasteiger charge is 2.66. The lowest BCUT2D eigenvalue weighted by atomic mass is 9.93. The largest absolute Gasteiger partial charge is 0.316 e. The second kappa shape index (κ2) is 4.31. The molecule has 1 aromatic rings. The van der Waals surface area contributed by atoms with Crippen molar-refractivity contribution in [1.82, 2.24) is 5.32 Å². The van der Waals surface area contributed by atoms with Gasteiger partial charge < -0.3 is 5.32 Å². The average Bonchev–Trinajstić information content (AvgIpc) is 2.85. The van der Waals surface area contributed by atoms with Gasteiger partial charge in [0.1, 0.15) is 5.82 Å². The van der Waals surface area contributed by atoms with Crippen LogP contribution in [0, 0.1) is 35.4 Å². The maximum atomic E-state index is 13.8. The summed E-state index contributed by atoms with van der Waals surface area (Å²) in [5.74, 6) is 4.69. The Morgan fingerprint density at radius 3 is 2.53 bits per heavy atom. The molecular weight excluding hydrogens is 237 g/mol. The fourth-order valence-electron chi connectivity index (χ4n) is 5.26. The predicted octanol–water partition coefficient (Wildman–Crippen LogP) is 3.25. The van der Waals surface area contributed by atoms with E-state index < -0.39 is 0 Å². The summed E-state index contributed by atoms with van der Waals surface area (Å²) >= 11 is 0. The van der Waals surface area contributed by atoms with E-state index in [-0.39, 0.29) is 5.82 Å². The van der Waals surface area contributed by atoms with Crippen LogP contribution in [0.1, 0.15) is 24.8 Å². The first-order valence-corrected chi connectivity index (χ1v) is 7.70. The van der Waals surface area contributed by atoms with Gasteiger partial charge in [0.05, 0.1) is 0 Å². The molecule has 2 heteroatoms. The highest BCUT2D eigenvalue weighted by atomic mass is 19.1. The van der Waals surface area contributed by atoms with Gasteiger partial charge >= 0.3 is 0 Å². The molecule has 1 nitrogen and oxygen atoms in total. The van der Waals surface area contributed by atoms with E-state index in [0.717, 1.165) is 41.6 Å². The highest BCUT2D eigenvalue weighted by Crippen LogP contribution is 2.70. The van der Waals surface area contributed by atoms with E-state index in [1.807, 2.05) is 19.2 Å². The van der Waals surface area contributed by atoms with Crippen LogP contribution in [-0.4, -0.2) is 13.1 Å². The Bertz CT molecular complexity index is 470. The normalized spacial score (nSPS) is 40.2. The minimum Gasteiger partial charge on any atom is -0.316 e. The monoisotopic (exact) mass is 259 g/mol. The Morgan fingerprint density at radius 1 is 1.21 bits per heavy atom. The van der Waals surface area contributed by atoms with Crippen LogP contribution in [0.25, 0.3) is 0 Å². The number of benzene rings is 1. The van der Waals surface area contributed by atoms with E-state index in [9.17, 15) is 4.39 Å². The maximum absolute atomic E-state index is 13.8. The Kier molecular flexibility index (Phi) is 2.70. The summed E-state index contributed by atoms with van der Waals surface area (Å²) in [5, 5.41) is 3.47. The molecule has 0 aliphatic heterocycles. The fourth-order valence-corrected chi connectivity index (χ4v) is 5.26. The van der Waals surface area contributed by atoms with Crippen LogP contribution in [0.4, 0.5) is 4.39 Å². The van der Waals surface area contributed by atoms with Gasteiger partial charge in [0.15, 0.2) is 0 Å². The minimum atomic E-state index is -0.0449. The lowest BCUT2D eigenvalue weighted by molar-refractivity contribution is 0.374. The van der Waals surface area contributed by atoms with Crippen molar-refractivity contribution in [3.8, 4) is 0 Å². The molecule has 1 N–H and O–H groups in total. The quantitative estimate of drug-likeness (QED) is 0.875. The second-order valence-electron chi connectivity index (χ2n) is 6.76. The van der Waals surface area contributed by atoms with Gasteiger partial charge in [-0.1, -0.05) is 18.2 Å². The Hall–Kier alpha value is -0.890. The first-order chi connectivity index (χ1) is 9.29. The number of hydrogen-bond acceptors (Lipinski definition) is 1. The zero-order valence-electron chi connectivity index (χ0n) is 11.5. The summed E-state index contributed by atoms with van der Waals surface area (Å²) < 4.78 is 13.8. The first-order valence-electron chi connectivity index (χ1n) is 7.70. The van der Waals surface area contributed by atoms with Crippen molar-refractivity contribution in [2.24, 2.45) is 29.6 Å². The SMILES string of the molecule is CNC(Cc1ccccc1F)C1C2C3CCC(C3)C21. The van der Waals surface area contributed by atoms with E-state index in [4.69, 9.17) is 0 Å². The van der Waals surface area contributed by atoms with Crippen molar-refractivity contribution < 1.29 is 4.39 Å². The average molecular weight is 259 g/mol. The van der Waals surface area contributed by atoms with Crippen LogP contribution in [0.2, 0.25) is 0 Å². The van der Waals surface area contributed by atoms with Crippen molar-refractivity contribution in [1.29, 1.82) is 0 Å². The van der Waals surface area contributed by atoms with Crippen molar-refractivity contribution in [3.05, 3.63) is 35.6 Å². The molecule has 5 unspecified atom stereocenters. The molecular formula is C17H22FN. The van der Waals surface area contributed by atoms with Crippen molar-refractivity contribution in [2.45, 2.75) is 31.7 Å². The lowest BCUT2D eigenvalue weighted by Crippen LogP contribution is -2.32. The summed E-state index contributed by atoms with van der Waals surface area (Å²) in [6.07, 6.45) is 5.25. The molecule has 0 amide bonds. The van der Waals surface area contributed by atoms with Gasteiger partial charge in [-0.2, -0.15) is 0 Å². The standard InChI is InChI=1S/C17H22FN/c1-19-14(9-10-4-2-3-5-13(10)18)17-15-11-6-7-12(8-11)16(15)17/h2-5,11-12,14-17,19H,6-9H2,1H3. The van der Waals surface area contributed by atoms with Crippen molar-refractivity contribution in [2.75, 3.05) is 7.05 Å². The van der Waals surface area contributed by atoms with Crippen LogP contribution in [0.3, 0.4) is 0 Å². The van der Waals surface area contributed by atoms with Crippen LogP contribution in [0.15, 0.2) is 24.3 Å². The maximum Gasteiger partial charge on any atom is 0.126 e. The van der Waals surface area contributed by atoms with Gasteiger partial charge in [-0.25, -0.2) is 4.39 Å². The zero-order chi connectivity index (χ0) is 13.0. The molecule has 0 heterocycles. The van der Waals surface area contributed by atoms with E-state index in [2.05, 4.69) is 5.32 Å². The number of rotatable bonds is 4. The number of halogens is 1. The molecule has 1 aromatic carbocycles. The Morgan fingerprint density at radius 2 is 1.89 bits per heavy atom. The number of fused-ring (bicyclic) bond motifs is 5. The highest BCUT2D eigenvalue weighted by molar-refractivity contribution is 5.22. The van der Waals surface area contributed by atoms with E-state index in [1.54, 1.807) is 12.1 Å². The summed E-state index contributed by atoms with van der Waals surface area (Å²) in [5.41, 5.74) is 0.874. The van der Waals surface area contributed by atoms with Crippen LogP contribution >= 0.6 is 0 Å². The molecule has 3 saturated carbocycles. The van der Waals surface area contributed by atoms with Crippen molar-refractivity contribution in [3.63, 3.8) is 0 Å². The zero-order valence-corrected chi connectivity index (χ0v) is 11.5. The first kappa shape index (κ1) is 11.9. The van der Waals surface area contributed by atoms with Crippen LogP contribution in [0.5, 0.6) is 0 Å². The molecule has 5 atom stereocenters. The molecule has 3 fully saturated rings. The molecule has 3 aliphatic rings. The molecule has 2 bridgehead atoms. The van der Waals surface area contributed by atoms with Gasteiger partial charge in [0.25, 0.3) is 0 Å². The second-order valence-corrected chi connectivity index (χ2v) is 6.76. The smallest absolute Gasteiger partial charge is 0.126 e. The molecule has 0 saturated heterocycles. The Labute approximate surface area is 114 Å². The van der Waals surface area contributed by atoms with E-state index in [1.165, 1.54) is 19.3 Å². The third kappa shape index (κ3) is 1.76. The number of hydrogen-bond donors (Lipinski definition) is 1. The Balaban J connectivity index is 1.50. The summed E-state index contributed by atoms with van der Waals surface area (Å²) in [7, 11) is 2.04. The number of nitrogens with one attached hydrogen (secondary N) is 1. The summed E-state index contributed by atoms with van der Waals surface area (Å²) in [4.78, 5) is 0. The minimum absolute atomic E-state index is 0.0449. The molecule has 0 spiro atoms. The van der Waals surface area contributed by atoms with E-state index >= 15 is 0 Å². The van der Waals surface area contributed by atoms with E-state index in [0.29, 0.717) is 6.04 Å². The lowest BCUT2D eigenvalue weighted by Gasteiger charge is -2.20. The summed E-state index contributed by atoms with van der Waals surface area (Å²) in [6.45, 7) is 0. The topological polar surface area (TPSA) is 12.0 Å².